The van der Waals surface area contributed by atoms with Crippen LogP contribution in [0.2, 0.25) is 0 Å². The summed E-state index contributed by atoms with van der Waals surface area (Å²) in [6.45, 7) is 1.45. The van der Waals surface area contributed by atoms with Crippen LogP contribution < -0.4 is 5.73 Å². The Hall–Kier alpha value is -1.04. The van der Waals surface area contributed by atoms with Gasteiger partial charge in [-0.2, -0.15) is 13.2 Å². The van der Waals surface area contributed by atoms with Crippen molar-refractivity contribution >= 4 is 0 Å². The lowest BCUT2D eigenvalue weighted by Gasteiger charge is -2.02. The van der Waals surface area contributed by atoms with Crippen molar-refractivity contribution in [1.82, 2.24) is 4.98 Å². The van der Waals surface area contributed by atoms with Crippen LogP contribution in [0.3, 0.4) is 0 Å². The van der Waals surface area contributed by atoms with E-state index >= 15 is 0 Å². The molecule has 74 valence electrons. The van der Waals surface area contributed by atoms with E-state index in [1.807, 2.05) is 0 Å². The standard InChI is InChI=1S/C7H9F3N2O/c1-2-4-6(7(8,9)10)13-5(3-11)12-4/h2-3,11H2,1H3. The number of alkyl halides is 3. The van der Waals surface area contributed by atoms with Gasteiger partial charge < -0.3 is 10.2 Å². The minimum absolute atomic E-state index is 0.0795. The van der Waals surface area contributed by atoms with Crippen LogP contribution in [-0.2, 0) is 19.1 Å². The third-order valence-electron chi connectivity index (χ3n) is 1.51. The molecule has 0 aliphatic heterocycles. The largest absolute Gasteiger partial charge is 0.451 e. The topological polar surface area (TPSA) is 52.0 Å². The summed E-state index contributed by atoms with van der Waals surface area (Å²) in [6.07, 6.45) is -4.30. The molecule has 1 aromatic heterocycles. The van der Waals surface area contributed by atoms with E-state index in [2.05, 4.69) is 9.40 Å². The second kappa shape index (κ2) is 3.37. The van der Waals surface area contributed by atoms with E-state index < -0.39 is 11.9 Å². The average Bonchev–Trinajstić information content (AvgIpc) is 2.46. The first-order chi connectivity index (χ1) is 5.99. The fraction of sp³-hybridized carbons (Fsp3) is 0.571. The molecular formula is C7H9F3N2O. The van der Waals surface area contributed by atoms with Crippen LogP contribution in [0.1, 0.15) is 24.3 Å². The zero-order chi connectivity index (χ0) is 10.1. The van der Waals surface area contributed by atoms with Crippen molar-refractivity contribution in [2.75, 3.05) is 0 Å². The molecule has 0 radical (unpaired) electrons. The normalized spacial score (nSPS) is 12.1. The predicted octanol–water partition coefficient (Wildman–Crippen LogP) is 1.71. The fourth-order valence-electron chi connectivity index (χ4n) is 0.949. The first-order valence-electron chi connectivity index (χ1n) is 3.74. The van der Waals surface area contributed by atoms with Gasteiger partial charge in [0.1, 0.15) is 0 Å². The van der Waals surface area contributed by atoms with Crippen molar-refractivity contribution in [3.8, 4) is 0 Å². The zero-order valence-corrected chi connectivity index (χ0v) is 6.98. The summed E-state index contributed by atoms with van der Waals surface area (Å²) in [6, 6.07) is 0. The molecule has 0 aliphatic carbocycles. The van der Waals surface area contributed by atoms with E-state index in [9.17, 15) is 13.2 Å². The molecule has 6 heteroatoms. The van der Waals surface area contributed by atoms with Gasteiger partial charge >= 0.3 is 6.18 Å². The van der Waals surface area contributed by atoms with Crippen molar-refractivity contribution < 1.29 is 17.6 Å². The van der Waals surface area contributed by atoms with Gasteiger partial charge in [0, 0.05) is 0 Å². The van der Waals surface area contributed by atoms with E-state index in [0.717, 1.165) is 0 Å². The maximum absolute atomic E-state index is 12.2. The van der Waals surface area contributed by atoms with Crippen LogP contribution in [0, 0.1) is 0 Å². The van der Waals surface area contributed by atoms with Crippen LogP contribution in [0.25, 0.3) is 0 Å². The van der Waals surface area contributed by atoms with Crippen molar-refractivity contribution in [1.29, 1.82) is 0 Å². The number of halogens is 3. The molecule has 1 rings (SSSR count). The maximum Gasteiger partial charge on any atom is 0.451 e. The summed E-state index contributed by atoms with van der Waals surface area (Å²) in [5, 5.41) is 0. The second-order valence-electron chi connectivity index (χ2n) is 2.44. The number of aryl methyl sites for hydroxylation is 1. The Morgan fingerprint density at radius 1 is 1.46 bits per heavy atom. The van der Waals surface area contributed by atoms with Gasteiger partial charge in [-0.15, -0.1) is 0 Å². The highest BCUT2D eigenvalue weighted by Crippen LogP contribution is 2.32. The number of oxazole rings is 1. The molecule has 0 atom stereocenters. The third kappa shape index (κ3) is 2.00. The Morgan fingerprint density at radius 2 is 2.08 bits per heavy atom. The lowest BCUT2D eigenvalue weighted by molar-refractivity contribution is -0.154. The molecule has 0 saturated carbocycles. The van der Waals surface area contributed by atoms with Crippen molar-refractivity contribution in [3.05, 3.63) is 17.3 Å². The quantitative estimate of drug-likeness (QED) is 0.779. The van der Waals surface area contributed by atoms with Crippen LogP contribution in [-0.4, -0.2) is 4.98 Å². The summed E-state index contributed by atoms with van der Waals surface area (Å²) in [7, 11) is 0. The highest BCUT2D eigenvalue weighted by atomic mass is 19.4. The fourth-order valence-corrected chi connectivity index (χ4v) is 0.949. The van der Waals surface area contributed by atoms with Gasteiger partial charge in [0.2, 0.25) is 11.7 Å². The van der Waals surface area contributed by atoms with Crippen LogP contribution in [0.5, 0.6) is 0 Å². The Kier molecular flexibility index (Phi) is 2.60. The van der Waals surface area contributed by atoms with Gasteiger partial charge in [-0.05, 0) is 6.42 Å². The Bertz CT molecular complexity index is 292. The van der Waals surface area contributed by atoms with Crippen molar-refractivity contribution in [3.63, 3.8) is 0 Å². The van der Waals surface area contributed by atoms with E-state index in [4.69, 9.17) is 5.73 Å². The molecule has 0 aromatic carbocycles. The summed E-state index contributed by atoms with van der Waals surface area (Å²) >= 11 is 0. The molecule has 3 nitrogen and oxygen atoms in total. The Balaban J connectivity index is 3.11. The predicted molar refractivity (Wildman–Crippen MR) is 38.8 cm³/mol. The lowest BCUT2D eigenvalue weighted by atomic mass is 10.3. The summed E-state index contributed by atoms with van der Waals surface area (Å²) in [5.41, 5.74) is 5.02. The molecule has 1 aromatic rings. The first-order valence-corrected chi connectivity index (χ1v) is 3.74. The van der Waals surface area contributed by atoms with E-state index in [0.29, 0.717) is 0 Å². The van der Waals surface area contributed by atoms with Crippen LogP contribution >= 0.6 is 0 Å². The minimum atomic E-state index is -4.48. The molecule has 13 heavy (non-hydrogen) atoms. The third-order valence-corrected chi connectivity index (χ3v) is 1.51. The van der Waals surface area contributed by atoms with Gasteiger partial charge in [0.25, 0.3) is 0 Å². The van der Waals surface area contributed by atoms with Gasteiger partial charge in [0.05, 0.1) is 12.2 Å². The summed E-state index contributed by atoms with van der Waals surface area (Å²) < 4.78 is 41.1. The molecule has 0 bridgehead atoms. The Labute approximate surface area is 72.7 Å². The van der Waals surface area contributed by atoms with E-state index in [1.165, 1.54) is 0 Å². The van der Waals surface area contributed by atoms with Gasteiger partial charge in [-0.1, -0.05) is 6.92 Å². The second-order valence-corrected chi connectivity index (χ2v) is 2.44. The summed E-state index contributed by atoms with van der Waals surface area (Å²) in [4.78, 5) is 3.60. The molecular weight excluding hydrogens is 185 g/mol. The van der Waals surface area contributed by atoms with E-state index in [1.54, 1.807) is 6.92 Å². The maximum atomic E-state index is 12.2. The number of nitrogens with two attached hydrogens (primary N) is 1. The molecule has 0 aliphatic rings. The monoisotopic (exact) mass is 194 g/mol. The average molecular weight is 194 g/mol. The Morgan fingerprint density at radius 3 is 2.38 bits per heavy atom. The number of hydrogen-bond acceptors (Lipinski definition) is 3. The minimum Gasteiger partial charge on any atom is -0.434 e. The molecule has 0 amide bonds. The van der Waals surface area contributed by atoms with Crippen molar-refractivity contribution in [2.45, 2.75) is 26.1 Å². The van der Waals surface area contributed by atoms with Gasteiger partial charge in [-0.25, -0.2) is 4.98 Å². The number of rotatable bonds is 2. The molecule has 1 heterocycles. The lowest BCUT2D eigenvalue weighted by Crippen LogP contribution is -2.06. The molecule has 0 unspecified atom stereocenters. The van der Waals surface area contributed by atoms with Gasteiger partial charge in [-0.3, -0.25) is 0 Å². The summed E-state index contributed by atoms with van der Waals surface area (Å²) in [5.74, 6) is -1.11. The van der Waals surface area contributed by atoms with E-state index in [-0.39, 0.29) is 24.6 Å². The number of nitrogens with zero attached hydrogens (tertiary/aromatic N) is 1. The van der Waals surface area contributed by atoms with Crippen molar-refractivity contribution in [2.24, 2.45) is 5.73 Å². The zero-order valence-electron chi connectivity index (χ0n) is 6.98. The molecule has 2 N–H and O–H groups in total. The molecule has 0 saturated heterocycles. The first kappa shape index (κ1) is 10.0. The molecule has 0 fully saturated rings. The van der Waals surface area contributed by atoms with Gasteiger partial charge in [0.15, 0.2) is 0 Å². The van der Waals surface area contributed by atoms with Crippen LogP contribution in [0.4, 0.5) is 13.2 Å². The smallest absolute Gasteiger partial charge is 0.434 e. The number of hydrogen-bond donors (Lipinski definition) is 1. The SMILES string of the molecule is CCc1nc(CN)oc1C(F)(F)F. The highest BCUT2D eigenvalue weighted by Gasteiger charge is 2.38. The van der Waals surface area contributed by atoms with Crippen LogP contribution in [0.15, 0.2) is 4.42 Å². The highest BCUT2D eigenvalue weighted by molar-refractivity contribution is 5.13. The molecule has 0 spiro atoms. The number of aromatic nitrogens is 1.